The second kappa shape index (κ2) is 10.1. The molecule has 4 nitrogen and oxygen atoms in total. The Morgan fingerprint density at radius 2 is 1.82 bits per heavy atom. The normalized spacial score (nSPS) is 27.3. The highest BCUT2D eigenvalue weighted by Gasteiger charge is 2.29. The van der Waals surface area contributed by atoms with Crippen LogP contribution in [-0.4, -0.2) is 79.5 Å². The fourth-order valence-electron chi connectivity index (χ4n) is 3.21. The van der Waals surface area contributed by atoms with E-state index in [1.165, 1.54) is 51.3 Å². The Hall–Kier alpha value is 0.190. The van der Waals surface area contributed by atoms with Crippen molar-refractivity contribution < 1.29 is 4.74 Å². The summed E-state index contributed by atoms with van der Waals surface area (Å²) in [5, 5.41) is 3.58. The molecule has 130 valence electrons. The second-order valence-electron chi connectivity index (χ2n) is 7.04. The molecule has 22 heavy (non-hydrogen) atoms. The third kappa shape index (κ3) is 6.75. The van der Waals surface area contributed by atoms with Gasteiger partial charge in [-0.2, -0.15) is 0 Å². The van der Waals surface area contributed by atoms with Crippen LogP contribution >= 0.6 is 11.8 Å². The molecule has 0 aromatic rings. The minimum atomic E-state index is 0.506. The SMILES string of the molecule is CCSCN[C@H]1C[C@H](OCCN2CCN(CC(C)C)CC2)C1. The zero-order valence-electron chi connectivity index (χ0n) is 14.7. The number of nitrogens with one attached hydrogen (secondary N) is 1. The predicted molar refractivity (Wildman–Crippen MR) is 96.6 cm³/mol. The molecule has 0 atom stereocenters. The number of thioether (sulfide) groups is 1. The lowest BCUT2D eigenvalue weighted by atomic mass is 9.89. The van der Waals surface area contributed by atoms with Crippen molar-refractivity contribution in [1.29, 1.82) is 0 Å². The number of nitrogens with zero attached hydrogens (tertiary/aromatic N) is 2. The first-order chi connectivity index (χ1) is 10.7. The van der Waals surface area contributed by atoms with Crippen LogP contribution in [0.5, 0.6) is 0 Å². The summed E-state index contributed by atoms with van der Waals surface area (Å²) in [5.41, 5.74) is 0. The van der Waals surface area contributed by atoms with E-state index < -0.39 is 0 Å². The van der Waals surface area contributed by atoms with Gasteiger partial charge in [-0.3, -0.25) is 4.90 Å². The topological polar surface area (TPSA) is 27.7 Å². The van der Waals surface area contributed by atoms with E-state index in [9.17, 15) is 0 Å². The Kier molecular flexibility index (Phi) is 8.54. The predicted octanol–water partition coefficient (Wildman–Crippen LogP) is 2.11. The maximum absolute atomic E-state index is 6.01. The molecular formula is C17H35N3OS. The van der Waals surface area contributed by atoms with Crippen molar-refractivity contribution in [3.63, 3.8) is 0 Å². The molecule has 1 aliphatic carbocycles. The zero-order valence-corrected chi connectivity index (χ0v) is 15.5. The zero-order chi connectivity index (χ0) is 15.8. The van der Waals surface area contributed by atoms with Crippen LogP contribution in [0.1, 0.15) is 33.6 Å². The summed E-state index contributed by atoms with van der Waals surface area (Å²) in [6, 6.07) is 0.698. The van der Waals surface area contributed by atoms with Crippen molar-refractivity contribution in [3.8, 4) is 0 Å². The van der Waals surface area contributed by atoms with E-state index in [1.807, 2.05) is 11.8 Å². The molecule has 0 bridgehead atoms. The molecule has 0 amide bonds. The summed E-state index contributed by atoms with van der Waals surface area (Å²) < 4.78 is 6.01. The summed E-state index contributed by atoms with van der Waals surface area (Å²) in [7, 11) is 0. The summed E-state index contributed by atoms with van der Waals surface area (Å²) in [5.74, 6) is 3.07. The maximum atomic E-state index is 6.01. The lowest BCUT2D eigenvalue weighted by Crippen LogP contribution is -2.49. The number of piperazine rings is 1. The molecule has 0 radical (unpaired) electrons. The molecule has 1 saturated heterocycles. The van der Waals surface area contributed by atoms with Gasteiger partial charge in [0, 0.05) is 51.2 Å². The first-order valence-corrected chi connectivity index (χ1v) is 10.2. The van der Waals surface area contributed by atoms with Gasteiger partial charge < -0.3 is 15.0 Å². The standard InChI is InChI=1S/C17H35N3OS/c1-4-22-14-18-16-11-17(12-16)21-10-9-19-5-7-20(8-6-19)13-15(2)3/h15-18H,4-14H2,1-3H3/t16-,17-. The van der Waals surface area contributed by atoms with Gasteiger partial charge in [-0.1, -0.05) is 20.8 Å². The van der Waals surface area contributed by atoms with Crippen molar-refractivity contribution in [2.75, 3.05) is 57.5 Å². The molecule has 0 aromatic carbocycles. The molecule has 2 fully saturated rings. The third-order valence-electron chi connectivity index (χ3n) is 4.62. The van der Waals surface area contributed by atoms with Crippen LogP contribution in [0, 0.1) is 5.92 Å². The molecule has 2 aliphatic rings. The Bertz CT molecular complexity index is 290. The minimum absolute atomic E-state index is 0.506. The quantitative estimate of drug-likeness (QED) is 0.489. The number of hydrogen-bond acceptors (Lipinski definition) is 5. The van der Waals surface area contributed by atoms with Gasteiger partial charge in [-0.25, -0.2) is 0 Å². The molecule has 1 heterocycles. The largest absolute Gasteiger partial charge is 0.377 e. The molecular weight excluding hydrogens is 294 g/mol. The Morgan fingerprint density at radius 1 is 1.14 bits per heavy atom. The Labute approximate surface area is 141 Å². The maximum Gasteiger partial charge on any atom is 0.0605 e. The van der Waals surface area contributed by atoms with E-state index in [4.69, 9.17) is 4.74 Å². The van der Waals surface area contributed by atoms with Gasteiger partial charge in [-0.05, 0) is 24.5 Å². The van der Waals surface area contributed by atoms with Crippen molar-refractivity contribution in [2.24, 2.45) is 5.92 Å². The van der Waals surface area contributed by atoms with E-state index in [2.05, 4.69) is 35.9 Å². The molecule has 1 saturated carbocycles. The highest BCUT2D eigenvalue weighted by Crippen LogP contribution is 2.23. The summed E-state index contributed by atoms with van der Waals surface area (Å²) in [4.78, 5) is 5.15. The molecule has 0 spiro atoms. The highest BCUT2D eigenvalue weighted by molar-refractivity contribution is 7.99. The van der Waals surface area contributed by atoms with Gasteiger partial charge in [-0.15, -0.1) is 11.8 Å². The average molecular weight is 330 g/mol. The molecule has 5 heteroatoms. The number of hydrogen-bond donors (Lipinski definition) is 1. The molecule has 1 aliphatic heterocycles. The first-order valence-electron chi connectivity index (χ1n) is 9.04. The van der Waals surface area contributed by atoms with E-state index in [0.29, 0.717) is 12.1 Å². The summed E-state index contributed by atoms with van der Waals surface area (Å²) >= 11 is 1.96. The van der Waals surface area contributed by atoms with Crippen LogP contribution in [0.4, 0.5) is 0 Å². The smallest absolute Gasteiger partial charge is 0.0605 e. The van der Waals surface area contributed by atoms with E-state index >= 15 is 0 Å². The van der Waals surface area contributed by atoms with Crippen molar-refractivity contribution >= 4 is 11.8 Å². The van der Waals surface area contributed by atoms with Crippen molar-refractivity contribution in [1.82, 2.24) is 15.1 Å². The van der Waals surface area contributed by atoms with Crippen LogP contribution in [-0.2, 0) is 4.74 Å². The van der Waals surface area contributed by atoms with Gasteiger partial charge in [0.1, 0.15) is 0 Å². The lowest BCUT2D eigenvalue weighted by molar-refractivity contribution is -0.0269. The fourth-order valence-corrected chi connectivity index (χ4v) is 3.77. The minimum Gasteiger partial charge on any atom is -0.377 e. The molecule has 2 rings (SSSR count). The van der Waals surface area contributed by atoms with Crippen LogP contribution < -0.4 is 5.32 Å². The number of rotatable bonds is 10. The van der Waals surface area contributed by atoms with Crippen LogP contribution in [0.15, 0.2) is 0 Å². The summed E-state index contributed by atoms with van der Waals surface area (Å²) in [6.07, 6.45) is 2.91. The molecule has 1 N–H and O–H groups in total. The molecule has 0 aromatic heterocycles. The fraction of sp³-hybridized carbons (Fsp3) is 1.00. The van der Waals surface area contributed by atoms with Gasteiger partial charge in [0.2, 0.25) is 0 Å². The van der Waals surface area contributed by atoms with Gasteiger partial charge in [0.15, 0.2) is 0 Å². The summed E-state index contributed by atoms with van der Waals surface area (Å²) in [6.45, 7) is 15.0. The lowest BCUT2D eigenvalue weighted by Gasteiger charge is -2.38. The van der Waals surface area contributed by atoms with Gasteiger partial charge in [0.05, 0.1) is 12.7 Å². The van der Waals surface area contributed by atoms with E-state index in [1.54, 1.807) is 0 Å². The molecule has 0 unspecified atom stereocenters. The van der Waals surface area contributed by atoms with Crippen LogP contribution in [0.2, 0.25) is 0 Å². The van der Waals surface area contributed by atoms with E-state index in [0.717, 1.165) is 24.9 Å². The highest BCUT2D eigenvalue weighted by atomic mass is 32.2. The Morgan fingerprint density at radius 3 is 2.45 bits per heavy atom. The average Bonchev–Trinajstić information content (AvgIpc) is 2.45. The number of ether oxygens (including phenoxy) is 1. The van der Waals surface area contributed by atoms with Crippen LogP contribution in [0.3, 0.4) is 0 Å². The third-order valence-corrected chi connectivity index (χ3v) is 5.40. The first kappa shape index (κ1) is 18.5. The Balaban J connectivity index is 1.44. The van der Waals surface area contributed by atoms with Crippen LogP contribution in [0.25, 0.3) is 0 Å². The van der Waals surface area contributed by atoms with Crippen molar-refractivity contribution in [2.45, 2.75) is 45.8 Å². The monoisotopic (exact) mass is 329 g/mol. The van der Waals surface area contributed by atoms with Crippen molar-refractivity contribution in [3.05, 3.63) is 0 Å². The van der Waals surface area contributed by atoms with Gasteiger partial charge >= 0.3 is 0 Å². The van der Waals surface area contributed by atoms with E-state index in [-0.39, 0.29) is 0 Å². The second-order valence-corrected chi connectivity index (χ2v) is 8.31. The van der Waals surface area contributed by atoms with Gasteiger partial charge in [0.25, 0.3) is 0 Å².